The molecule has 0 atom stereocenters. The predicted octanol–water partition coefficient (Wildman–Crippen LogP) is 3.46. The predicted molar refractivity (Wildman–Crippen MR) is 102 cm³/mol. The summed E-state index contributed by atoms with van der Waals surface area (Å²) >= 11 is 1.77. The second-order valence-corrected chi connectivity index (χ2v) is 7.94. The summed E-state index contributed by atoms with van der Waals surface area (Å²) in [5.74, 6) is -1.33. The van der Waals surface area contributed by atoms with Crippen LogP contribution in [0.5, 0.6) is 0 Å². The number of thiazole rings is 1. The summed E-state index contributed by atoms with van der Waals surface area (Å²) in [5.41, 5.74) is 6.71. The molecule has 2 aliphatic heterocycles. The molecule has 1 aromatic heterocycles. The van der Waals surface area contributed by atoms with Crippen molar-refractivity contribution < 1.29 is 22.8 Å². The highest BCUT2D eigenvalue weighted by Gasteiger charge is 2.46. The summed E-state index contributed by atoms with van der Waals surface area (Å²) in [6.45, 7) is 0. The van der Waals surface area contributed by atoms with Gasteiger partial charge in [0.1, 0.15) is 10.6 Å². The van der Waals surface area contributed by atoms with Gasteiger partial charge in [-0.3, -0.25) is 9.59 Å². The summed E-state index contributed by atoms with van der Waals surface area (Å²) < 4.78 is 40.5. The Morgan fingerprint density at radius 2 is 2.07 bits per heavy atom. The van der Waals surface area contributed by atoms with Gasteiger partial charge in [-0.1, -0.05) is 30.0 Å². The molecule has 0 saturated carbocycles. The minimum Gasteiger partial charge on any atom is -0.365 e. The molecule has 0 aliphatic carbocycles. The number of hydrogen-bond donors (Lipinski definition) is 2. The number of nitrogens with one attached hydrogen (secondary N) is 1. The fourth-order valence-corrected chi connectivity index (χ4v) is 5.06. The first kappa shape index (κ1) is 18.8. The third kappa shape index (κ3) is 3.24. The third-order valence-corrected chi connectivity index (χ3v) is 6.28. The first-order chi connectivity index (χ1) is 13.3. The van der Waals surface area contributed by atoms with E-state index >= 15 is 0 Å². The molecular formula is C17H13F3N4O2S2. The van der Waals surface area contributed by atoms with E-state index in [9.17, 15) is 22.8 Å². The zero-order chi connectivity index (χ0) is 20.1. The van der Waals surface area contributed by atoms with Crippen LogP contribution in [0.2, 0.25) is 0 Å². The number of aryl methyl sites for hydroxylation is 1. The van der Waals surface area contributed by atoms with Gasteiger partial charge in [-0.15, -0.1) is 11.3 Å². The van der Waals surface area contributed by atoms with Crippen molar-refractivity contribution in [3.63, 3.8) is 0 Å². The van der Waals surface area contributed by atoms with Gasteiger partial charge in [0.25, 0.3) is 5.91 Å². The van der Waals surface area contributed by atoms with Crippen molar-refractivity contribution in [3.8, 4) is 11.3 Å². The van der Waals surface area contributed by atoms with Crippen molar-refractivity contribution in [1.82, 2.24) is 4.98 Å². The lowest BCUT2D eigenvalue weighted by Crippen LogP contribution is -2.30. The molecule has 3 heterocycles. The van der Waals surface area contributed by atoms with Crippen molar-refractivity contribution in [1.29, 1.82) is 0 Å². The molecule has 6 nitrogen and oxygen atoms in total. The van der Waals surface area contributed by atoms with Gasteiger partial charge < -0.3 is 16.0 Å². The number of primary amides is 1. The lowest BCUT2D eigenvalue weighted by molar-refractivity contribution is -0.116. The number of fused-ring (bicyclic) bond motifs is 1. The Kier molecular flexibility index (Phi) is 4.58. The van der Waals surface area contributed by atoms with Crippen LogP contribution >= 0.6 is 23.1 Å². The zero-order valence-electron chi connectivity index (χ0n) is 14.2. The maximum Gasteiger partial charge on any atom is 0.432 e. The zero-order valence-corrected chi connectivity index (χ0v) is 15.8. The summed E-state index contributed by atoms with van der Waals surface area (Å²) in [4.78, 5) is 28.0. The van der Waals surface area contributed by atoms with Crippen LogP contribution in [0.15, 0.2) is 34.2 Å². The van der Waals surface area contributed by atoms with E-state index in [4.69, 9.17) is 5.73 Å². The molecule has 3 N–H and O–H groups in total. The molecular weight excluding hydrogens is 413 g/mol. The minimum absolute atomic E-state index is 0.103. The number of anilines is 2. The van der Waals surface area contributed by atoms with E-state index in [1.165, 1.54) is 0 Å². The van der Waals surface area contributed by atoms with Gasteiger partial charge in [-0.2, -0.15) is 13.2 Å². The van der Waals surface area contributed by atoms with Gasteiger partial charge >= 0.3 is 6.18 Å². The van der Waals surface area contributed by atoms with Gasteiger partial charge in [-0.05, 0) is 12.0 Å². The number of carbonyl (C=O) groups is 2. The standard InChI is InChI=1S/C17H13F3N4O2S2/c18-17(19,20)14-13(15(21)26)28-7-24(14)16-22-10(6-27-16)9-3-1-2-8-4-5-11(25)23-12(8)9/h1-3,6H,4-5,7H2,(H2,21,26)(H,23,25). The van der Waals surface area contributed by atoms with E-state index in [1.807, 2.05) is 12.1 Å². The number of hydrogen-bond acceptors (Lipinski definition) is 6. The van der Waals surface area contributed by atoms with E-state index in [-0.39, 0.29) is 16.9 Å². The number of halogens is 3. The second-order valence-electron chi connectivity index (χ2n) is 6.14. The molecule has 0 fully saturated rings. The average molecular weight is 426 g/mol. The lowest BCUT2D eigenvalue weighted by Gasteiger charge is -2.21. The minimum atomic E-state index is -4.74. The molecule has 0 spiro atoms. The number of nitrogens with zero attached hydrogens (tertiary/aromatic N) is 2. The fourth-order valence-electron chi connectivity index (χ4n) is 3.14. The summed E-state index contributed by atoms with van der Waals surface area (Å²) in [6.07, 6.45) is -3.75. The molecule has 2 amide bonds. The highest BCUT2D eigenvalue weighted by Crippen LogP contribution is 2.45. The summed E-state index contributed by atoms with van der Waals surface area (Å²) in [7, 11) is 0. The molecule has 11 heteroatoms. The van der Waals surface area contributed by atoms with Gasteiger partial charge in [0.15, 0.2) is 5.13 Å². The summed E-state index contributed by atoms with van der Waals surface area (Å²) in [5, 5.41) is 4.55. The highest BCUT2D eigenvalue weighted by molar-refractivity contribution is 8.04. The number of aromatic nitrogens is 1. The maximum absolute atomic E-state index is 13.5. The molecule has 0 unspecified atom stereocenters. The molecule has 2 aromatic rings. The first-order valence-corrected chi connectivity index (χ1v) is 10.0. The van der Waals surface area contributed by atoms with Crippen molar-refractivity contribution in [3.05, 3.63) is 39.7 Å². The first-order valence-electron chi connectivity index (χ1n) is 8.15. The number of amides is 2. The van der Waals surface area contributed by atoms with Crippen molar-refractivity contribution in [2.45, 2.75) is 19.0 Å². The molecule has 146 valence electrons. The second kappa shape index (κ2) is 6.82. The number of rotatable bonds is 3. The van der Waals surface area contributed by atoms with Gasteiger partial charge in [0.2, 0.25) is 5.91 Å². The number of para-hydroxylation sites is 1. The van der Waals surface area contributed by atoms with Gasteiger partial charge in [0.05, 0.1) is 17.3 Å². The van der Waals surface area contributed by atoms with Crippen molar-refractivity contribution in [2.24, 2.45) is 5.73 Å². The van der Waals surface area contributed by atoms with Crippen LogP contribution in [0.25, 0.3) is 11.3 Å². The van der Waals surface area contributed by atoms with Crippen LogP contribution in [0, 0.1) is 0 Å². The Morgan fingerprint density at radius 3 is 2.79 bits per heavy atom. The van der Waals surface area contributed by atoms with Gasteiger partial charge in [0, 0.05) is 17.4 Å². The Labute approximate surface area is 165 Å². The smallest absolute Gasteiger partial charge is 0.365 e. The van der Waals surface area contributed by atoms with Crippen LogP contribution in [0.4, 0.5) is 24.0 Å². The average Bonchev–Trinajstić information content (AvgIpc) is 3.27. The van der Waals surface area contributed by atoms with Crippen LogP contribution in [-0.4, -0.2) is 28.9 Å². The van der Waals surface area contributed by atoms with Crippen molar-refractivity contribution in [2.75, 3.05) is 16.1 Å². The number of thioether (sulfide) groups is 1. The lowest BCUT2D eigenvalue weighted by atomic mass is 9.98. The van der Waals surface area contributed by atoms with E-state index in [1.54, 1.807) is 11.4 Å². The molecule has 4 rings (SSSR count). The van der Waals surface area contributed by atoms with E-state index in [0.29, 0.717) is 29.8 Å². The maximum atomic E-state index is 13.5. The van der Waals surface area contributed by atoms with E-state index < -0.39 is 22.7 Å². The molecule has 28 heavy (non-hydrogen) atoms. The third-order valence-electron chi connectivity index (χ3n) is 4.35. The number of benzene rings is 1. The topological polar surface area (TPSA) is 88.3 Å². The monoisotopic (exact) mass is 426 g/mol. The SMILES string of the molecule is NC(=O)C1=C(C(F)(F)F)N(c2nc(-c3cccc4c3NC(=O)CC4)cs2)CS1. The quantitative estimate of drug-likeness (QED) is 0.785. The van der Waals surface area contributed by atoms with E-state index in [0.717, 1.165) is 33.6 Å². The van der Waals surface area contributed by atoms with Crippen LogP contribution < -0.4 is 16.0 Å². The van der Waals surface area contributed by atoms with Crippen LogP contribution in [0.1, 0.15) is 12.0 Å². The normalized spacial score (nSPS) is 17.0. The Hall–Kier alpha value is -2.53. The Balaban J connectivity index is 1.74. The Morgan fingerprint density at radius 1 is 1.29 bits per heavy atom. The summed E-state index contributed by atoms with van der Waals surface area (Å²) in [6, 6.07) is 5.48. The fraction of sp³-hybridized carbons (Fsp3) is 0.235. The molecule has 0 radical (unpaired) electrons. The highest BCUT2D eigenvalue weighted by atomic mass is 32.2. The van der Waals surface area contributed by atoms with Crippen LogP contribution in [0.3, 0.4) is 0 Å². The number of allylic oxidation sites excluding steroid dienone is 1. The van der Waals surface area contributed by atoms with Crippen LogP contribution in [-0.2, 0) is 16.0 Å². The molecule has 0 bridgehead atoms. The number of nitrogens with two attached hydrogens (primary N) is 1. The van der Waals surface area contributed by atoms with E-state index in [2.05, 4.69) is 10.3 Å². The molecule has 1 aromatic carbocycles. The largest absolute Gasteiger partial charge is 0.432 e. The molecule has 0 saturated heterocycles. The number of carbonyl (C=O) groups excluding carboxylic acids is 2. The molecule has 2 aliphatic rings. The van der Waals surface area contributed by atoms with Crippen molar-refractivity contribution >= 4 is 45.7 Å². The number of alkyl halides is 3. The van der Waals surface area contributed by atoms with Gasteiger partial charge in [-0.25, -0.2) is 4.98 Å². The Bertz CT molecular complexity index is 1020.